The molecule has 0 radical (unpaired) electrons. The largest absolute Gasteiger partial charge is 0.441 e. The van der Waals surface area contributed by atoms with E-state index in [0.29, 0.717) is 10.3 Å². The lowest BCUT2D eigenvalue weighted by Gasteiger charge is -2.08. The fourth-order valence-corrected chi connectivity index (χ4v) is 1.71. The normalized spacial score (nSPS) is 11.6. The quantitative estimate of drug-likeness (QED) is 0.674. The Morgan fingerprint density at radius 3 is 2.81 bits per heavy atom. The summed E-state index contributed by atoms with van der Waals surface area (Å²) in [4.78, 5) is 7.50. The van der Waals surface area contributed by atoms with E-state index in [0.717, 1.165) is 0 Å². The molecule has 90 valence electrons. The number of hydrogen-bond acceptors (Lipinski definition) is 4. The van der Waals surface area contributed by atoms with Crippen molar-refractivity contribution in [2.24, 2.45) is 0 Å². The Morgan fingerprint density at radius 1 is 1.50 bits per heavy atom. The van der Waals surface area contributed by atoms with Crippen molar-refractivity contribution in [3.63, 3.8) is 0 Å². The third-order valence-corrected chi connectivity index (χ3v) is 2.87. The van der Waals surface area contributed by atoms with Crippen molar-refractivity contribution < 1.29 is 13.2 Å². The highest BCUT2D eigenvalue weighted by molar-refractivity contribution is 9.10. The second-order valence-corrected chi connectivity index (χ2v) is 4.91. The van der Waals surface area contributed by atoms with Gasteiger partial charge in [0.15, 0.2) is 0 Å². The van der Waals surface area contributed by atoms with E-state index < -0.39 is 5.51 Å². The van der Waals surface area contributed by atoms with Gasteiger partial charge in [0.2, 0.25) is 5.28 Å². The van der Waals surface area contributed by atoms with Gasteiger partial charge in [-0.1, -0.05) is 0 Å². The molecule has 9 heteroatoms. The first-order valence-corrected chi connectivity index (χ1v) is 6.17. The zero-order chi connectivity index (χ0) is 12.2. The topological polar surface area (TPSA) is 37.8 Å². The number of nitrogens with zero attached hydrogens (tertiary/aromatic N) is 2. The minimum absolute atomic E-state index is 0.0363. The van der Waals surface area contributed by atoms with Crippen LogP contribution in [0.2, 0.25) is 5.28 Å². The Bertz CT molecular complexity index is 363. The lowest BCUT2D eigenvalue weighted by atomic mass is 10.5. The summed E-state index contributed by atoms with van der Waals surface area (Å²) in [6, 6.07) is 0. The van der Waals surface area contributed by atoms with Crippen LogP contribution in [0.3, 0.4) is 0 Å². The molecule has 0 amide bonds. The van der Waals surface area contributed by atoms with Gasteiger partial charge in [-0.25, -0.2) is 4.98 Å². The summed E-state index contributed by atoms with van der Waals surface area (Å²) < 4.78 is 36.0. The van der Waals surface area contributed by atoms with E-state index in [-0.39, 0.29) is 29.3 Å². The molecule has 1 rings (SSSR count). The molecule has 1 aromatic rings. The molecule has 0 saturated heterocycles. The highest BCUT2D eigenvalue weighted by Gasteiger charge is 2.27. The summed E-state index contributed by atoms with van der Waals surface area (Å²) >= 11 is 8.59. The Balaban J connectivity index is 2.40. The van der Waals surface area contributed by atoms with Crippen LogP contribution in [0, 0.1) is 0 Å². The number of alkyl halides is 3. The van der Waals surface area contributed by atoms with Gasteiger partial charge in [0.05, 0.1) is 4.47 Å². The molecule has 0 aliphatic rings. The second-order valence-electron chi connectivity index (χ2n) is 2.56. The van der Waals surface area contributed by atoms with Gasteiger partial charge >= 0.3 is 5.51 Å². The monoisotopic (exact) mass is 335 g/mol. The van der Waals surface area contributed by atoms with Crippen LogP contribution < -0.4 is 5.32 Å². The Morgan fingerprint density at radius 2 is 2.19 bits per heavy atom. The van der Waals surface area contributed by atoms with E-state index >= 15 is 0 Å². The minimum atomic E-state index is -4.21. The highest BCUT2D eigenvalue weighted by atomic mass is 79.9. The standard InChI is InChI=1S/C7H6BrClF3N3S/c8-4-3-14-6(9)15-5(4)13-1-2-16-7(10,11)12/h3H,1-2H2,(H,13,14,15). The van der Waals surface area contributed by atoms with Crippen molar-refractivity contribution in [3.8, 4) is 0 Å². The van der Waals surface area contributed by atoms with Gasteiger partial charge in [0.1, 0.15) is 5.82 Å². The molecule has 16 heavy (non-hydrogen) atoms. The fraction of sp³-hybridized carbons (Fsp3) is 0.429. The molecule has 0 unspecified atom stereocenters. The van der Waals surface area contributed by atoms with Crippen LogP contribution in [0.15, 0.2) is 10.7 Å². The van der Waals surface area contributed by atoms with Crippen molar-refractivity contribution in [2.45, 2.75) is 5.51 Å². The summed E-state index contributed by atoms with van der Waals surface area (Å²) in [6.45, 7) is 0.135. The predicted octanol–water partition coefficient (Wildman–Crippen LogP) is 3.56. The highest BCUT2D eigenvalue weighted by Crippen LogP contribution is 2.29. The Labute approximate surface area is 107 Å². The molecule has 0 aliphatic heterocycles. The molecular formula is C7H6BrClF3N3S. The molecule has 1 heterocycles. The van der Waals surface area contributed by atoms with Crippen LogP contribution >= 0.6 is 39.3 Å². The lowest BCUT2D eigenvalue weighted by molar-refractivity contribution is -0.0327. The zero-order valence-corrected chi connectivity index (χ0v) is 10.8. The average Bonchev–Trinajstić information content (AvgIpc) is 2.16. The van der Waals surface area contributed by atoms with Gasteiger partial charge < -0.3 is 5.32 Å². The maximum atomic E-state index is 11.8. The minimum Gasteiger partial charge on any atom is -0.368 e. The van der Waals surface area contributed by atoms with E-state index in [1.54, 1.807) is 0 Å². The Hall–Kier alpha value is -0.210. The van der Waals surface area contributed by atoms with Crippen LogP contribution in [0.4, 0.5) is 19.0 Å². The molecule has 1 aromatic heterocycles. The Kier molecular flexibility index (Phi) is 5.13. The molecule has 0 bridgehead atoms. The van der Waals surface area contributed by atoms with Gasteiger partial charge in [0, 0.05) is 18.5 Å². The SMILES string of the molecule is FC(F)(F)SCCNc1nc(Cl)ncc1Br. The predicted molar refractivity (Wildman–Crippen MR) is 61.7 cm³/mol. The molecule has 0 aromatic carbocycles. The molecule has 3 nitrogen and oxygen atoms in total. The molecule has 0 saturated carbocycles. The van der Waals surface area contributed by atoms with E-state index in [9.17, 15) is 13.2 Å². The van der Waals surface area contributed by atoms with Crippen LogP contribution in [-0.4, -0.2) is 27.8 Å². The van der Waals surface area contributed by atoms with Gasteiger partial charge in [-0.3, -0.25) is 0 Å². The van der Waals surface area contributed by atoms with Gasteiger partial charge in [-0.05, 0) is 39.3 Å². The van der Waals surface area contributed by atoms with Crippen LogP contribution in [0.5, 0.6) is 0 Å². The van der Waals surface area contributed by atoms with E-state index in [1.807, 2.05) is 0 Å². The van der Waals surface area contributed by atoms with Crippen molar-refractivity contribution in [2.75, 3.05) is 17.6 Å². The molecule has 1 N–H and O–H groups in total. The number of hydrogen-bond donors (Lipinski definition) is 1. The van der Waals surface area contributed by atoms with Gasteiger partial charge in [-0.15, -0.1) is 0 Å². The van der Waals surface area contributed by atoms with Crippen molar-refractivity contribution in [1.82, 2.24) is 9.97 Å². The summed E-state index contributed by atoms with van der Waals surface area (Å²) in [5, 5.41) is 2.76. The number of nitrogens with one attached hydrogen (secondary N) is 1. The second kappa shape index (κ2) is 5.92. The molecular weight excluding hydrogens is 331 g/mol. The first-order valence-electron chi connectivity index (χ1n) is 4.01. The van der Waals surface area contributed by atoms with Crippen molar-refractivity contribution in [3.05, 3.63) is 16.0 Å². The molecule has 0 aliphatic carbocycles. The maximum absolute atomic E-state index is 11.8. The summed E-state index contributed by atoms with van der Waals surface area (Å²) in [5.74, 6) is 0.278. The first kappa shape index (κ1) is 13.9. The van der Waals surface area contributed by atoms with Gasteiger partial charge in [-0.2, -0.15) is 18.2 Å². The van der Waals surface area contributed by atoms with Crippen molar-refractivity contribution >= 4 is 45.1 Å². The van der Waals surface area contributed by atoms with Crippen LogP contribution in [0.1, 0.15) is 0 Å². The molecule has 0 fully saturated rings. The third kappa shape index (κ3) is 5.22. The van der Waals surface area contributed by atoms with Crippen LogP contribution in [-0.2, 0) is 0 Å². The number of anilines is 1. The van der Waals surface area contributed by atoms with Crippen molar-refractivity contribution in [1.29, 1.82) is 0 Å². The molecule has 0 spiro atoms. The maximum Gasteiger partial charge on any atom is 0.441 e. The average molecular weight is 337 g/mol. The number of rotatable bonds is 4. The lowest BCUT2D eigenvalue weighted by Crippen LogP contribution is -2.10. The number of halogens is 5. The van der Waals surface area contributed by atoms with E-state index in [4.69, 9.17) is 11.6 Å². The fourth-order valence-electron chi connectivity index (χ4n) is 0.806. The summed E-state index contributed by atoms with van der Waals surface area (Å²) in [6.07, 6.45) is 1.43. The first-order chi connectivity index (χ1) is 7.38. The van der Waals surface area contributed by atoms with Crippen LogP contribution in [0.25, 0.3) is 0 Å². The number of thioether (sulfide) groups is 1. The smallest absolute Gasteiger partial charge is 0.368 e. The van der Waals surface area contributed by atoms with E-state index in [1.165, 1.54) is 6.20 Å². The van der Waals surface area contributed by atoms with E-state index in [2.05, 4.69) is 31.2 Å². The van der Waals surface area contributed by atoms with Gasteiger partial charge in [0.25, 0.3) is 0 Å². The summed E-state index contributed by atoms with van der Waals surface area (Å²) in [7, 11) is 0. The summed E-state index contributed by atoms with van der Waals surface area (Å²) in [5.41, 5.74) is -4.21. The number of aromatic nitrogens is 2. The third-order valence-electron chi connectivity index (χ3n) is 1.37. The molecule has 0 atom stereocenters. The zero-order valence-electron chi connectivity index (χ0n) is 7.68.